The summed E-state index contributed by atoms with van der Waals surface area (Å²) < 4.78 is 7.54. The van der Waals surface area contributed by atoms with Crippen LogP contribution >= 0.6 is 23.2 Å². The van der Waals surface area contributed by atoms with Crippen molar-refractivity contribution in [1.82, 2.24) is 20.0 Å². The van der Waals surface area contributed by atoms with Gasteiger partial charge in [0.2, 0.25) is 5.91 Å². The van der Waals surface area contributed by atoms with Gasteiger partial charge in [-0.25, -0.2) is 4.98 Å². The third-order valence-corrected chi connectivity index (χ3v) is 9.50. The molecule has 1 aliphatic heterocycles. The molecular formula is C35H44Cl2N6O3. The SMILES string of the molecule is CC1CCN(c2cc3c(cc2C(=O)Nc2cc(C(C)(C)C)on2)nc(Cc2c(Cl)ccc(CNC(=O)C(C)(C)C)c2Cl)n3C)CC1. The molecule has 4 aromatic rings. The smallest absolute Gasteiger partial charge is 0.259 e. The highest BCUT2D eigenvalue weighted by molar-refractivity contribution is 6.36. The van der Waals surface area contributed by atoms with Crippen molar-refractivity contribution in [3.05, 3.63) is 68.7 Å². The number of aromatic nitrogens is 3. The van der Waals surface area contributed by atoms with Crippen LogP contribution in [-0.4, -0.2) is 39.6 Å². The highest BCUT2D eigenvalue weighted by atomic mass is 35.5. The summed E-state index contributed by atoms with van der Waals surface area (Å²) in [4.78, 5) is 33.5. The minimum absolute atomic E-state index is 0.0626. The van der Waals surface area contributed by atoms with E-state index in [9.17, 15) is 9.59 Å². The fraction of sp³-hybridized carbons (Fsp3) is 0.486. The van der Waals surface area contributed by atoms with Crippen molar-refractivity contribution in [2.24, 2.45) is 18.4 Å². The van der Waals surface area contributed by atoms with Crippen LogP contribution in [0.15, 0.2) is 34.9 Å². The zero-order valence-electron chi connectivity index (χ0n) is 28.0. The van der Waals surface area contributed by atoms with Crippen molar-refractivity contribution in [3.63, 3.8) is 0 Å². The number of nitrogens with one attached hydrogen (secondary N) is 2. The number of amides is 2. The normalized spacial score (nSPS) is 14.6. The Morgan fingerprint density at radius 3 is 2.37 bits per heavy atom. The molecule has 0 atom stereocenters. The zero-order valence-corrected chi connectivity index (χ0v) is 29.5. The molecule has 11 heteroatoms. The molecule has 2 aromatic heterocycles. The minimum atomic E-state index is -0.514. The number of piperidine rings is 1. The Labute approximate surface area is 281 Å². The molecular weight excluding hydrogens is 623 g/mol. The summed E-state index contributed by atoms with van der Waals surface area (Å²) in [5, 5.41) is 11.0. The van der Waals surface area contributed by atoms with Gasteiger partial charge in [0.25, 0.3) is 5.91 Å². The molecule has 0 saturated carbocycles. The predicted molar refractivity (Wildman–Crippen MR) is 185 cm³/mol. The number of anilines is 2. The van der Waals surface area contributed by atoms with Crippen LogP contribution in [0.1, 0.15) is 94.4 Å². The fourth-order valence-corrected chi connectivity index (χ4v) is 6.11. The zero-order chi connectivity index (χ0) is 33.6. The van der Waals surface area contributed by atoms with E-state index in [1.807, 2.05) is 65.3 Å². The van der Waals surface area contributed by atoms with E-state index in [-0.39, 0.29) is 17.2 Å². The van der Waals surface area contributed by atoms with Crippen molar-refractivity contribution < 1.29 is 14.1 Å². The van der Waals surface area contributed by atoms with Gasteiger partial charge in [-0.05, 0) is 48.1 Å². The molecule has 246 valence electrons. The molecule has 0 radical (unpaired) electrons. The number of fused-ring (bicyclic) bond motifs is 1. The maximum absolute atomic E-state index is 13.8. The first-order chi connectivity index (χ1) is 21.5. The van der Waals surface area contributed by atoms with Crippen LogP contribution in [0.4, 0.5) is 11.5 Å². The Morgan fingerprint density at radius 1 is 1.04 bits per heavy atom. The van der Waals surface area contributed by atoms with E-state index < -0.39 is 5.41 Å². The lowest BCUT2D eigenvalue weighted by Gasteiger charge is -2.33. The summed E-state index contributed by atoms with van der Waals surface area (Å²) in [5.74, 6) is 2.11. The number of halogens is 2. The van der Waals surface area contributed by atoms with E-state index in [1.165, 1.54) is 0 Å². The number of aryl methyl sites for hydroxylation is 1. The molecule has 3 heterocycles. The number of rotatable bonds is 7. The Balaban J connectivity index is 1.49. The van der Waals surface area contributed by atoms with Crippen LogP contribution in [-0.2, 0) is 30.2 Å². The fourth-order valence-electron chi connectivity index (χ4n) is 5.54. The number of carbonyl (C=O) groups excluding carboxylic acids is 2. The molecule has 0 spiro atoms. The lowest BCUT2D eigenvalue weighted by Crippen LogP contribution is -2.34. The summed E-state index contributed by atoms with van der Waals surface area (Å²) in [6, 6.07) is 9.32. The average Bonchev–Trinajstić information content (AvgIpc) is 3.58. The average molecular weight is 668 g/mol. The van der Waals surface area contributed by atoms with Crippen molar-refractivity contribution in [1.29, 1.82) is 0 Å². The van der Waals surface area contributed by atoms with E-state index in [4.69, 9.17) is 32.7 Å². The molecule has 1 aliphatic rings. The van der Waals surface area contributed by atoms with Crippen molar-refractivity contribution in [2.75, 3.05) is 23.3 Å². The monoisotopic (exact) mass is 666 g/mol. The summed E-state index contributed by atoms with van der Waals surface area (Å²) in [6.45, 7) is 16.0. The molecule has 9 nitrogen and oxygen atoms in total. The molecule has 2 aromatic carbocycles. The second kappa shape index (κ2) is 12.9. The van der Waals surface area contributed by atoms with Gasteiger partial charge in [0, 0.05) is 55.0 Å². The van der Waals surface area contributed by atoms with E-state index in [1.54, 1.807) is 12.1 Å². The van der Waals surface area contributed by atoms with Crippen molar-refractivity contribution >= 4 is 57.6 Å². The van der Waals surface area contributed by atoms with Gasteiger partial charge >= 0.3 is 0 Å². The van der Waals surface area contributed by atoms with Gasteiger partial charge in [-0.2, -0.15) is 0 Å². The van der Waals surface area contributed by atoms with Crippen molar-refractivity contribution in [2.45, 2.75) is 79.7 Å². The number of carbonyl (C=O) groups is 2. The lowest BCUT2D eigenvalue weighted by atomic mass is 9.93. The second-order valence-electron chi connectivity index (χ2n) is 14.5. The Bertz CT molecular complexity index is 1770. The van der Waals surface area contributed by atoms with Crippen LogP contribution in [0.5, 0.6) is 0 Å². The second-order valence-corrected chi connectivity index (χ2v) is 15.3. The van der Waals surface area contributed by atoms with Gasteiger partial charge in [0.15, 0.2) is 5.82 Å². The van der Waals surface area contributed by atoms with Crippen LogP contribution in [0.3, 0.4) is 0 Å². The third-order valence-electron chi connectivity index (χ3n) is 8.67. The number of hydrogen-bond acceptors (Lipinski definition) is 6. The van der Waals surface area contributed by atoms with Crippen LogP contribution in [0.25, 0.3) is 11.0 Å². The van der Waals surface area contributed by atoms with E-state index >= 15 is 0 Å². The van der Waals surface area contributed by atoms with Gasteiger partial charge < -0.3 is 24.6 Å². The molecule has 46 heavy (non-hydrogen) atoms. The molecule has 1 fully saturated rings. The summed E-state index contributed by atoms with van der Waals surface area (Å²) in [5.41, 5.74) is 3.73. The molecule has 2 amide bonds. The van der Waals surface area contributed by atoms with Crippen LogP contribution in [0, 0.1) is 11.3 Å². The molecule has 0 unspecified atom stereocenters. The van der Waals surface area contributed by atoms with E-state index in [0.29, 0.717) is 51.6 Å². The number of nitrogens with zero attached hydrogens (tertiary/aromatic N) is 4. The summed E-state index contributed by atoms with van der Waals surface area (Å²) in [6.07, 6.45) is 2.48. The molecule has 0 aliphatic carbocycles. The molecule has 1 saturated heterocycles. The largest absolute Gasteiger partial charge is 0.371 e. The van der Waals surface area contributed by atoms with E-state index in [2.05, 4.69) is 33.7 Å². The standard InChI is InChI=1S/C35H44Cl2N6O3/c1-20-11-13-43(14-12-20)26-17-27-25(15-23(26)32(44)40-29-18-28(46-41-29)34(2,3)4)39-30(42(27)8)16-22-24(36)10-9-21(31(22)37)19-38-33(45)35(5,6)7/h9-10,15,17-18,20H,11-14,16,19H2,1-8H3,(H,38,45)(H,40,41,44). The minimum Gasteiger partial charge on any atom is -0.371 e. The first kappa shape index (κ1) is 33.8. The van der Waals surface area contributed by atoms with Gasteiger partial charge in [-0.3, -0.25) is 9.59 Å². The van der Waals surface area contributed by atoms with Crippen LogP contribution in [0.2, 0.25) is 10.0 Å². The van der Waals surface area contributed by atoms with Gasteiger partial charge in [-0.1, -0.05) is 82.9 Å². The Kier molecular flexibility index (Phi) is 9.49. The third kappa shape index (κ3) is 7.20. The number of imidazole rings is 1. The lowest BCUT2D eigenvalue weighted by molar-refractivity contribution is -0.128. The number of benzene rings is 2. The van der Waals surface area contributed by atoms with E-state index in [0.717, 1.165) is 54.1 Å². The predicted octanol–water partition coefficient (Wildman–Crippen LogP) is 7.91. The maximum atomic E-state index is 13.8. The van der Waals surface area contributed by atoms with Gasteiger partial charge in [0.05, 0.1) is 27.3 Å². The van der Waals surface area contributed by atoms with Gasteiger partial charge in [-0.15, -0.1) is 0 Å². The molecule has 0 bridgehead atoms. The summed E-state index contributed by atoms with van der Waals surface area (Å²) >= 11 is 13.5. The maximum Gasteiger partial charge on any atom is 0.259 e. The van der Waals surface area contributed by atoms with Crippen LogP contribution < -0.4 is 15.5 Å². The molecule has 5 rings (SSSR count). The Morgan fingerprint density at radius 2 is 1.74 bits per heavy atom. The molecule has 2 N–H and O–H groups in total. The first-order valence-corrected chi connectivity index (χ1v) is 16.6. The summed E-state index contributed by atoms with van der Waals surface area (Å²) in [7, 11) is 1.96. The number of hydrogen-bond donors (Lipinski definition) is 2. The first-order valence-electron chi connectivity index (χ1n) is 15.8. The quantitative estimate of drug-likeness (QED) is 0.208. The Hall–Kier alpha value is -3.56. The highest BCUT2D eigenvalue weighted by Crippen LogP contribution is 2.34. The highest BCUT2D eigenvalue weighted by Gasteiger charge is 2.26. The van der Waals surface area contributed by atoms with Gasteiger partial charge in [0.1, 0.15) is 11.6 Å². The topological polar surface area (TPSA) is 105 Å². The van der Waals surface area contributed by atoms with Crippen molar-refractivity contribution in [3.8, 4) is 0 Å².